The molecule has 1 heterocycles. The topological polar surface area (TPSA) is 42.0 Å². The van der Waals surface area contributed by atoms with Gasteiger partial charge in [-0.25, -0.2) is 4.57 Å². The second-order valence-electron chi connectivity index (χ2n) is 7.67. The van der Waals surface area contributed by atoms with Gasteiger partial charge in [0.05, 0.1) is 6.04 Å². The minimum absolute atomic E-state index is 0.0263. The lowest BCUT2D eigenvalue weighted by atomic mass is 10.0. The molecule has 1 aliphatic rings. The smallest absolute Gasteiger partial charge is 0.265 e. The molecule has 4 aromatic rings. The van der Waals surface area contributed by atoms with Crippen molar-refractivity contribution in [3.63, 3.8) is 0 Å². The monoisotopic (exact) mass is 395 g/mol. The molecule has 0 N–H and O–H groups in total. The number of likely N-dealkylation sites (N-methyl/N-ethyl adjacent to an activating group) is 1. The first-order valence-electron chi connectivity index (χ1n) is 10.1. The molecule has 0 unspecified atom stereocenters. The lowest BCUT2D eigenvalue weighted by Crippen LogP contribution is -2.46. The molecule has 5 heteroatoms. The van der Waals surface area contributed by atoms with Gasteiger partial charge in [0.1, 0.15) is 11.7 Å². The van der Waals surface area contributed by atoms with Gasteiger partial charge < -0.3 is 4.90 Å². The van der Waals surface area contributed by atoms with E-state index < -0.39 is 0 Å². The summed E-state index contributed by atoms with van der Waals surface area (Å²) >= 11 is 0. The molecule has 5 nitrogen and oxygen atoms in total. The van der Waals surface area contributed by atoms with Crippen molar-refractivity contribution in [2.24, 2.45) is 0 Å². The lowest BCUT2D eigenvalue weighted by molar-refractivity contribution is -0.727. The van der Waals surface area contributed by atoms with Crippen LogP contribution in [0.15, 0.2) is 97.6 Å². The molecule has 0 saturated carbocycles. The van der Waals surface area contributed by atoms with E-state index in [9.17, 15) is 4.79 Å². The molecule has 1 aliphatic carbocycles. The van der Waals surface area contributed by atoms with E-state index in [4.69, 9.17) is 0 Å². The van der Waals surface area contributed by atoms with Gasteiger partial charge in [-0.05, 0) is 35.4 Å². The first kappa shape index (κ1) is 18.3. The van der Waals surface area contributed by atoms with Crippen molar-refractivity contribution in [3.8, 4) is 5.69 Å². The number of para-hydroxylation sites is 1. The Hall–Kier alpha value is -3.73. The predicted octanol–water partition coefficient (Wildman–Crippen LogP) is 3.77. The Labute approximate surface area is 175 Å². The van der Waals surface area contributed by atoms with E-state index in [0.29, 0.717) is 5.56 Å². The summed E-state index contributed by atoms with van der Waals surface area (Å²) in [5.74, 6) is 0.0263. The third-order valence-electron chi connectivity index (χ3n) is 5.88. The quantitative estimate of drug-likeness (QED) is 0.494. The first-order chi connectivity index (χ1) is 14.7. The largest absolute Gasteiger partial charge is 0.331 e. The number of nitrogens with zero attached hydrogens (tertiary/aromatic N) is 4. The number of carbonyl (C=O) groups excluding carboxylic acids is 1. The SMILES string of the molecule is CN(C(=O)c1ccccc1)[C@@H]1c2ccccc2C[C@H]1[n+]1cnn(-c2ccccc2)c1. The number of fused-ring (bicyclic) bond motifs is 1. The fourth-order valence-electron chi connectivity index (χ4n) is 4.39. The first-order valence-corrected chi connectivity index (χ1v) is 10.1. The fraction of sp³-hybridized carbons (Fsp3) is 0.160. The second-order valence-corrected chi connectivity index (χ2v) is 7.67. The Morgan fingerprint density at radius 1 is 0.967 bits per heavy atom. The maximum atomic E-state index is 13.2. The van der Waals surface area contributed by atoms with Crippen molar-refractivity contribution in [2.45, 2.75) is 18.5 Å². The zero-order valence-corrected chi connectivity index (χ0v) is 16.8. The molecule has 0 fully saturated rings. The van der Waals surface area contributed by atoms with Crippen LogP contribution in [0.1, 0.15) is 33.6 Å². The van der Waals surface area contributed by atoms with Gasteiger partial charge in [-0.3, -0.25) is 4.79 Å². The molecule has 1 aromatic heterocycles. The van der Waals surface area contributed by atoms with Crippen LogP contribution in [0, 0.1) is 0 Å². The lowest BCUT2D eigenvalue weighted by Gasteiger charge is -2.29. The summed E-state index contributed by atoms with van der Waals surface area (Å²) in [5, 5.41) is 4.57. The maximum absolute atomic E-state index is 13.2. The average Bonchev–Trinajstić information content (AvgIpc) is 3.44. The van der Waals surface area contributed by atoms with Crippen LogP contribution >= 0.6 is 0 Å². The number of hydrogen-bond acceptors (Lipinski definition) is 2. The Morgan fingerprint density at radius 2 is 1.63 bits per heavy atom. The Balaban J connectivity index is 1.52. The van der Waals surface area contributed by atoms with Crippen molar-refractivity contribution in [3.05, 3.63) is 114 Å². The summed E-state index contributed by atoms with van der Waals surface area (Å²) in [6.45, 7) is 0. The Bertz CT molecular complexity index is 1170. The summed E-state index contributed by atoms with van der Waals surface area (Å²) in [5.41, 5.74) is 4.19. The van der Waals surface area contributed by atoms with E-state index in [1.54, 1.807) is 0 Å². The highest BCUT2D eigenvalue weighted by molar-refractivity contribution is 5.94. The number of hydrogen-bond donors (Lipinski definition) is 0. The molecule has 0 saturated heterocycles. The molecular weight excluding hydrogens is 372 g/mol. The Morgan fingerprint density at radius 3 is 2.40 bits per heavy atom. The Kier molecular flexibility index (Phi) is 4.64. The molecule has 30 heavy (non-hydrogen) atoms. The van der Waals surface area contributed by atoms with E-state index in [2.05, 4.69) is 27.9 Å². The molecule has 0 aliphatic heterocycles. The van der Waals surface area contributed by atoms with Crippen LogP contribution < -0.4 is 4.57 Å². The number of benzene rings is 3. The van der Waals surface area contributed by atoms with E-state index in [0.717, 1.165) is 12.1 Å². The molecule has 148 valence electrons. The van der Waals surface area contributed by atoms with Gasteiger partial charge in [0.15, 0.2) is 0 Å². The van der Waals surface area contributed by atoms with Gasteiger partial charge >= 0.3 is 0 Å². The van der Waals surface area contributed by atoms with Crippen LogP contribution in [-0.2, 0) is 6.42 Å². The molecule has 5 rings (SSSR count). The fourth-order valence-corrected chi connectivity index (χ4v) is 4.39. The zero-order chi connectivity index (χ0) is 20.5. The van der Waals surface area contributed by atoms with E-state index in [1.807, 2.05) is 96.0 Å². The maximum Gasteiger partial charge on any atom is 0.265 e. The van der Waals surface area contributed by atoms with Crippen LogP contribution in [0.3, 0.4) is 0 Å². The van der Waals surface area contributed by atoms with Gasteiger partial charge in [0.25, 0.3) is 12.2 Å². The molecule has 1 amide bonds. The third-order valence-corrected chi connectivity index (χ3v) is 5.88. The number of aromatic nitrogens is 3. The van der Waals surface area contributed by atoms with Crippen LogP contribution in [0.25, 0.3) is 5.69 Å². The standard InChI is InChI=1S/C25H23N4O/c1-27(25(30)19-10-4-2-5-11-19)24-22-15-9-8-12-20(22)16-23(24)28-17-26-29(18-28)21-13-6-3-7-14-21/h2-15,17-18,23-24H,16H2,1H3/q+1/t23-,24-/m1/s1. The van der Waals surface area contributed by atoms with E-state index in [-0.39, 0.29) is 18.0 Å². The number of carbonyl (C=O) groups is 1. The van der Waals surface area contributed by atoms with Gasteiger partial charge in [-0.1, -0.05) is 65.3 Å². The van der Waals surface area contributed by atoms with Crippen LogP contribution in [-0.4, -0.2) is 27.6 Å². The van der Waals surface area contributed by atoms with Crippen LogP contribution in [0.4, 0.5) is 0 Å². The normalized spacial score (nSPS) is 17.5. The summed E-state index contributed by atoms with van der Waals surface area (Å²) in [4.78, 5) is 15.1. The summed E-state index contributed by atoms with van der Waals surface area (Å²) in [6.07, 6.45) is 4.73. The van der Waals surface area contributed by atoms with Crippen molar-refractivity contribution in [2.75, 3.05) is 7.05 Å². The minimum atomic E-state index is -0.0627. The van der Waals surface area contributed by atoms with Crippen molar-refractivity contribution in [1.82, 2.24) is 14.7 Å². The molecule has 0 radical (unpaired) electrons. The van der Waals surface area contributed by atoms with Crippen molar-refractivity contribution >= 4 is 5.91 Å². The zero-order valence-electron chi connectivity index (χ0n) is 16.8. The number of amides is 1. The molecule has 3 aromatic carbocycles. The van der Waals surface area contributed by atoms with Gasteiger partial charge in [0, 0.05) is 24.1 Å². The van der Waals surface area contributed by atoms with Crippen molar-refractivity contribution < 1.29 is 9.36 Å². The van der Waals surface area contributed by atoms with Crippen LogP contribution in [0.5, 0.6) is 0 Å². The highest BCUT2D eigenvalue weighted by Gasteiger charge is 2.40. The highest BCUT2D eigenvalue weighted by atomic mass is 16.2. The third kappa shape index (κ3) is 3.18. The minimum Gasteiger partial charge on any atom is -0.331 e. The number of rotatable bonds is 4. The highest BCUT2D eigenvalue weighted by Crippen LogP contribution is 2.40. The second kappa shape index (κ2) is 7.59. The molecule has 0 bridgehead atoms. The summed E-state index contributed by atoms with van der Waals surface area (Å²) in [6, 6.07) is 28.0. The van der Waals surface area contributed by atoms with Crippen LogP contribution in [0.2, 0.25) is 0 Å². The molecular formula is C25H23N4O+. The summed E-state index contributed by atoms with van der Waals surface area (Å²) in [7, 11) is 1.90. The van der Waals surface area contributed by atoms with Gasteiger partial charge in [0.2, 0.25) is 6.33 Å². The molecule has 0 spiro atoms. The average molecular weight is 395 g/mol. The van der Waals surface area contributed by atoms with Crippen molar-refractivity contribution in [1.29, 1.82) is 0 Å². The van der Waals surface area contributed by atoms with Gasteiger partial charge in [-0.2, -0.15) is 0 Å². The van der Waals surface area contributed by atoms with Gasteiger partial charge in [-0.15, -0.1) is 0 Å². The van der Waals surface area contributed by atoms with E-state index >= 15 is 0 Å². The summed E-state index contributed by atoms with van der Waals surface area (Å²) < 4.78 is 4.01. The van der Waals surface area contributed by atoms with E-state index in [1.165, 1.54) is 11.1 Å². The predicted molar refractivity (Wildman–Crippen MR) is 114 cm³/mol. The molecule has 2 atom stereocenters.